The SMILES string of the molecule is O=C(c1cccc(Cl)c1)N1CCC2(CCNC2)CC1. The zero-order valence-electron chi connectivity index (χ0n) is 11.0. The molecule has 102 valence electrons. The first-order valence-electron chi connectivity index (χ1n) is 6.94. The molecule has 2 heterocycles. The van der Waals surface area contributed by atoms with Gasteiger partial charge in [-0.15, -0.1) is 0 Å². The summed E-state index contributed by atoms with van der Waals surface area (Å²) in [6.45, 7) is 3.98. The normalized spacial score (nSPS) is 21.8. The van der Waals surface area contributed by atoms with Crippen molar-refractivity contribution in [3.05, 3.63) is 34.9 Å². The van der Waals surface area contributed by atoms with Crippen LogP contribution < -0.4 is 5.32 Å². The van der Waals surface area contributed by atoms with Gasteiger partial charge in [0.1, 0.15) is 0 Å². The fourth-order valence-corrected chi connectivity index (χ4v) is 3.40. The van der Waals surface area contributed by atoms with Crippen molar-refractivity contribution < 1.29 is 4.79 Å². The van der Waals surface area contributed by atoms with Crippen molar-refractivity contribution in [1.82, 2.24) is 10.2 Å². The van der Waals surface area contributed by atoms with Crippen LogP contribution in [0.4, 0.5) is 0 Å². The van der Waals surface area contributed by atoms with Crippen LogP contribution in [0.5, 0.6) is 0 Å². The number of nitrogens with zero attached hydrogens (tertiary/aromatic N) is 1. The Bertz CT molecular complexity index is 473. The molecule has 0 radical (unpaired) electrons. The predicted octanol–water partition coefficient (Wildman–Crippen LogP) is 2.56. The largest absolute Gasteiger partial charge is 0.339 e. The Hall–Kier alpha value is -1.06. The van der Waals surface area contributed by atoms with Crippen molar-refractivity contribution >= 4 is 17.5 Å². The van der Waals surface area contributed by atoms with Gasteiger partial charge < -0.3 is 10.2 Å². The molecule has 2 aliphatic heterocycles. The van der Waals surface area contributed by atoms with E-state index >= 15 is 0 Å². The highest BCUT2D eigenvalue weighted by Crippen LogP contribution is 2.37. The van der Waals surface area contributed by atoms with Gasteiger partial charge in [0.05, 0.1) is 0 Å². The van der Waals surface area contributed by atoms with Crippen molar-refractivity contribution in [2.75, 3.05) is 26.2 Å². The number of carbonyl (C=O) groups excluding carboxylic acids is 1. The molecule has 4 heteroatoms. The Balaban J connectivity index is 1.66. The van der Waals surface area contributed by atoms with Gasteiger partial charge in [-0.3, -0.25) is 4.79 Å². The Morgan fingerprint density at radius 3 is 2.68 bits per heavy atom. The van der Waals surface area contributed by atoms with Gasteiger partial charge >= 0.3 is 0 Å². The summed E-state index contributed by atoms with van der Waals surface area (Å²) >= 11 is 5.95. The van der Waals surface area contributed by atoms with Crippen molar-refractivity contribution in [1.29, 1.82) is 0 Å². The van der Waals surface area contributed by atoms with Gasteiger partial charge in [-0.2, -0.15) is 0 Å². The summed E-state index contributed by atoms with van der Waals surface area (Å²) in [5, 5.41) is 4.07. The molecule has 2 aliphatic rings. The molecule has 0 bridgehead atoms. The number of likely N-dealkylation sites (tertiary alicyclic amines) is 1. The first-order chi connectivity index (χ1) is 9.19. The van der Waals surface area contributed by atoms with Crippen molar-refractivity contribution in [2.45, 2.75) is 19.3 Å². The molecule has 0 aliphatic carbocycles. The van der Waals surface area contributed by atoms with Gasteiger partial charge in [0, 0.05) is 30.2 Å². The first-order valence-corrected chi connectivity index (χ1v) is 7.32. The molecule has 1 N–H and O–H groups in total. The molecule has 1 aromatic rings. The fourth-order valence-electron chi connectivity index (χ4n) is 3.21. The first kappa shape index (κ1) is 12.9. The van der Waals surface area contributed by atoms with Crippen LogP contribution >= 0.6 is 11.6 Å². The number of halogens is 1. The van der Waals surface area contributed by atoms with Crippen molar-refractivity contribution in [3.8, 4) is 0 Å². The smallest absolute Gasteiger partial charge is 0.253 e. The molecule has 2 saturated heterocycles. The molecule has 3 rings (SSSR count). The average molecular weight is 279 g/mol. The summed E-state index contributed by atoms with van der Waals surface area (Å²) in [4.78, 5) is 14.4. The number of hydrogen-bond acceptors (Lipinski definition) is 2. The quantitative estimate of drug-likeness (QED) is 0.856. The van der Waals surface area contributed by atoms with E-state index in [9.17, 15) is 4.79 Å². The lowest BCUT2D eigenvalue weighted by atomic mass is 9.78. The molecule has 3 nitrogen and oxygen atoms in total. The molecule has 0 saturated carbocycles. The Labute approximate surface area is 118 Å². The van der Waals surface area contributed by atoms with Gasteiger partial charge in [0.2, 0.25) is 0 Å². The maximum atomic E-state index is 12.4. The lowest BCUT2D eigenvalue weighted by Gasteiger charge is -2.38. The van der Waals surface area contributed by atoms with E-state index in [4.69, 9.17) is 11.6 Å². The van der Waals surface area contributed by atoms with E-state index in [1.165, 1.54) is 6.42 Å². The Morgan fingerprint density at radius 1 is 1.26 bits per heavy atom. The summed E-state index contributed by atoms with van der Waals surface area (Å²) in [7, 11) is 0. The fraction of sp³-hybridized carbons (Fsp3) is 0.533. The highest BCUT2D eigenvalue weighted by Gasteiger charge is 2.38. The number of hydrogen-bond donors (Lipinski definition) is 1. The highest BCUT2D eigenvalue weighted by molar-refractivity contribution is 6.30. The molecule has 0 atom stereocenters. The van der Waals surface area contributed by atoms with Crippen LogP contribution in [0.25, 0.3) is 0 Å². The summed E-state index contributed by atoms with van der Waals surface area (Å²) in [5.41, 5.74) is 1.15. The van der Waals surface area contributed by atoms with Crippen LogP contribution in [0.1, 0.15) is 29.6 Å². The lowest BCUT2D eigenvalue weighted by Crippen LogP contribution is -2.44. The van der Waals surface area contributed by atoms with Crippen LogP contribution in [-0.4, -0.2) is 37.0 Å². The second-order valence-corrected chi connectivity index (χ2v) is 6.17. The molecule has 0 unspecified atom stereocenters. The number of carbonyl (C=O) groups is 1. The summed E-state index contributed by atoms with van der Waals surface area (Å²) in [6, 6.07) is 7.23. The third-order valence-electron chi connectivity index (χ3n) is 4.51. The molecule has 0 aromatic heterocycles. The topological polar surface area (TPSA) is 32.3 Å². The van der Waals surface area contributed by atoms with E-state index in [2.05, 4.69) is 5.32 Å². The number of piperidine rings is 1. The third-order valence-corrected chi connectivity index (χ3v) is 4.75. The summed E-state index contributed by atoms with van der Waals surface area (Å²) < 4.78 is 0. The average Bonchev–Trinajstić information content (AvgIpc) is 2.87. The molecule has 19 heavy (non-hydrogen) atoms. The number of rotatable bonds is 1. The maximum absolute atomic E-state index is 12.4. The van der Waals surface area contributed by atoms with E-state index in [0.29, 0.717) is 16.0 Å². The molecular formula is C15H19ClN2O. The molecule has 1 amide bonds. The summed E-state index contributed by atoms with van der Waals surface area (Å²) in [5.74, 6) is 0.114. The minimum absolute atomic E-state index is 0.114. The minimum atomic E-state index is 0.114. The van der Waals surface area contributed by atoms with E-state index in [-0.39, 0.29) is 5.91 Å². The highest BCUT2D eigenvalue weighted by atomic mass is 35.5. The second kappa shape index (κ2) is 5.14. The zero-order valence-corrected chi connectivity index (χ0v) is 11.7. The van der Waals surface area contributed by atoms with Gasteiger partial charge in [-0.25, -0.2) is 0 Å². The Morgan fingerprint density at radius 2 is 2.05 bits per heavy atom. The number of benzene rings is 1. The molecule has 2 fully saturated rings. The van der Waals surface area contributed by atoms with E-state index in [1.54, 1.807) is 12.1 Å². The van der Waals surface area contributed by atoms with Gasteiger partial charge in [0.15, 0.2) is 0 Å². The van der Waals surface area contributed by atoms with Crippen LogP contribution in [0, 0.1) is 5.41 Å². The zero-order chi connectivity index (χ0) is 13.3. The summed E-state index contributed by atoms with van der Waals surface area (Å²) in [6.07, 6.45) is 3.49. The lowest BCUT2D eigenvalue weighted by molar-refractivity contribution is 0.0607. The third kappa shape index (κ3) is 2.63. The van der Waals surface area contributed by atoms with E-state index in [0.717, 1.165) is 39.0 Å². The number of nitrogens with one attached hydrogen (secondary N) is 1. The maximum Gasteiger partial charge on any atom is 0.253 e. The second-order valence-electron chi connectivity index (χ2n) is 5.73. The van der Waals surface area contributed by atoms with Crippen molar-refractivity contribution in [2.24, 2.45) is 5.41 Å². The number of amides is 1. The predicted molar refractivity (Wildman–Crippen MR) is 76.5 cm³/mol. The molecule has 1 spiro atoms. The van der Waals surface area contributed by atoms with Gasteiger partial charge in [0.25, 0.3) is 5.91 Å². The monoisotopic (exact) mass is 278 g/mol. The standard InChI is InChI=1S/C15H19ClN2O/c16-13-3-1-2-12(10-13)14(19)18-8-5-15(6-9-18)4-7-17-11-15/h1-3,10,17H,4-9,11H2. The molecule has 1 aromatic carbocycles. The van der Waals surface area contributed by atoms with Crippen LogP contribution in [0.2, 0.25) is 5.02 Å². The van der Waals surface area contributed by atoms with Gasteiger partial charge in [-0.05, 0) is 49.4 Å². The van der Waals surface area contributed by atoms with Crippen molar-refractivity contribution in [3.63, 3.8) is 0 Å². The van der Waals surface area contributed by atoms with Crippen LogP contribution in [0.15, 0.2) is 24.3 Å². The van der Waals surface area contributed by atoms with Crippen LogP contribution in [-0.2, 0) is 0 Å². The van der Waals surface area contributed by atoms with E-state index < -0.39 is 0 Å². The Kier molecular flexibility index (Phi) is 3.50. The molecular weight excluding hydrogens is 260 g/mol. The van der Waals surface area contributed by atoms with E-state index in [1.807, 2.05) is 17.0 Å². The minimum Gasteiger partial charge on any atom is -0.339 e. The van der Waals surface area contributed by atoms with Crippen LogP contribution in [0.3, 0.4) is 0 Å². The van der Waals surface area contributed by atoms with Gasteiger partial charge in [-0.1, -0.05) is 17.7 Å².